The fourth-order valence-corrected chi connectivity index (χ4v) is 2.07. The highest BCUT2D eigenvalue weighted by molar-refractivity contribution is 5.80. The molecule has 1 unspecified atom stereocenters. The van der Waals surface area contributed by atoms with E-state index in [1.165, 1.54) is 0 Å². The van der Waals surface area contributed by atoms with Crippen molar-refractivity contribution in [3.63, 3.8) is 0 Å². The van der Waals surface area contributed by atoms with Crippen LogP contribution in [0.5, 0.6) is 0 Å². The Labute approximate surface area is 105 Å². The Morgan fingerprint density at radius 1 is 1.41 bits per heavy atom. The average molecular weight is 241 g/mol. The van der Waals surface area contributed by atoms with Crippen LogP contribution in [0, 0.1) is 5.92 Å². The number of hydrogen-bond donors (Lipinski definition) is 2. The van der Waals surface area contributed by atoms with Crippen LogP contribution in [0.1, 0.15) is 33.6 Å². The summed E-state index contributed by atoms with van der Waals surface area (Å²) in [5.41, 5.74) is 0. The highest BCUT2D eigenvalue weighted by Gasteiger charge is 2.25. The summed E-state index contributed by atoms with van der Waals surface area (Å²) >= 11 is 0. The van der Waals surface area contributed by atoms with E-state index in [4.69, 9.17) is 0 Å². The number of hydrogen-bond acceptors (Lipinski definition) is 3. The van der Waals surface area contributed by atoms with Gasteiger partial charge >= 0.3 is 0 Å². The van der Waals surface area contributed by atoms with Crippen molar-refractivity contribution in [3.05, 3.63) is 0 Å². The molecule has 1 fully saturated rings. The van der Waals surface area contributed by atoms with Gasteiger partial charge < -0.3 is 15.5 Å². The lowest BCUT2D eigenvalue weighted by atomic mass is 10.0. The van der Waals surface area contributed by atoms with Crippen LogP contribution < -0.4 is 10.6 Å². The van der Waals surface area contributed by atoms with Gasteiger partial charge in [-0.25, -0.2) is 0 Å². The van der Waals surface area contributed by atoms with Gasteiger partial charge in [-0.1, -0.05) is 13.8 Å². The largest absolute Gasteiger partial charge is 0.353 e. The Morgan fingerprint density at radius 3 is 2.53 bits per heavy atom. The number of rotatable bonds is 8. The van der Waals surface area contributed by atoms with Gasteiger partial charge in [0.25, 0.3) is 0 Å². The van der Waals surface area contributed by atoms with Crippen LogP contribution in [0.15, 0.2) is 0 Å². The second-order valence-corrected chi connectivity index (χ2v) is 4.93. The highest BCUT2D eigenvalue weighted by Crippen LogP contribution is 2.05. The molecule has 4 nitrogen and oxygen atoms in total. The molecule has 1 aliphatic rings. The third kappa shape index (κ3) is 5.04. The lowest BCUT2D eigenvalue weighted by Crippen LogP contribution is -2.52. The number of nitrogens with zero attached hydrogens (tertiary/aromatic N) is 1. The summed E-state index contributed by atoms with van der Waals surface area (Å²) < 4.78 is 0. The zero-order chi connectivity index (χ0) is 12.7. The Bertz CT molecular complexity index is 225. The molecule has 1 aliphatic heterocycles. The molecule has 0 saturated carbocycles. The summed E-state index contributed by atoms with van der Waals surface area (Å²) in [6.07, 6.45) is 2.23. The molecule has 0 aromatic heterocycles. The molecule has 2 N–H and O–H groups in total. The zero-order valence-corrected chi connectivity index (χ0v) is 11.5. The Balaban J connectivity index is 2.07. The summed E-state index contributed by atoms with van der Waals surface area (Å²) in [5, 5.41) is 6.22. The van der Waals surface area contributed by atoms with Gasteiger partial charge in [-0.15, -0.1) is 0 Å². The Hall–Kier alpha value is -0.610. The summed E-state index contributed by atoms with van der Waals surface area (Å²) in [4.78, 5) is 14.1. The van der Waals surface area contributed by atoms with Crippen molar-refractivity contribution in [2.24, 2.45) is 5.92 Å². The number of carbonyl (C=O) groups excluding carboxylic acids is 1. The summed E-state index contributed by atoms with van der Waals surface area (Å²) in [6.45, 7) is 11.5. The van der Waals surface area contributed by atoms with E-state index >= 15 is 0 Å². The molecule has 1 atom stereocenters. The number of amides is 1. The van der Waals surface area contributed by atoms with E-state index < -0.39 is 0 Å². The van der Waals surface area contributed by atoms with E-state index in [0.717, 1.165) is 45.6 Å². The molecule has 1 rings (SSSR count). The summed E-state index contributed by atoms with van der Waals surface area (Å²) in [5.74, 6) is 0.430. The monoisotopic (exact) mass is 241 g/mol. The van der Waals surface area contributed by atoms with Gasteiger partial charge in [0.15, 0.2) is 0 Å². The van der Waals surface area contributed by atoms with Crippen molar-refractivity contribution in [1.82, 2.24) is 15.5 Å². The van der Waals surface area contributed by atoms with Crippen LogP contribution in [0.4, 0.5) is 0 Å². The quantitative estimate of drug-likeness (QED) is 0.662. The molecule has 0 aromatic rings. The van der Waals surface area contributed by atoms with E-state index in [1.54, 1.807) is 0 Å². The second kappa shape index (κ2) is 7.67. The summed E-state index contributed by atoms with van der Waals surface area (Å²) in [6, 6.07) is 0.304. The van der Waals surface area contributed by atoms with Crippen molar-refractivity contribution in [1.29, 1.82) is 0 Å². The average Bonchev–Trinajstić information content (AvgIpc) is 2.21. The molecule has 0 aromatic carbocycles. The minimum Gasteiger partial charge on any atom is -0.353 e. The van der Waals surface area contributed by atoms with Crippen LogP contribution in [-0.4, -0.2) is 49.6 Å². The topological polar surface area (TPSA) is 44.4 Å². The standard InChI is InChI=1S/C13H27N3O/c1-4-16(5-2)8-6-7-11(3)15-13(17)12-9-14-10-12/h11-12,14H,4-10H2,1-3H3,(H,15,17). The molecule has 0 radical (unpaired) electrons. The van der Waals surface area contributed by atoms with Crippen molar-refractivity contribution in [2.75, 3.05) is 32.7 Å². The first-order valence-electron chi connectivity index (χ1n) is 6.90. The van der Waals surface area contributed by atoms with Gasteiger partial charge in [0.2, 0.25) is 5.91 Å². The molecule has 17 heavy (non-hydrogen) atoms. The van der Waals surface area contributed by atoms with Crippen LogP contribution in [-0.2, 0) is 4.79 Å². The summed E-state index contributed by atoms with van der Waals surface area (Å²) in [7, 11) is 0. The van der Waals surface area contributed by atoms with Crippen molar-refractivity contribution in [3.8, 4) is 0 Å². The normalized spacial score (nSPS) is 17.9. The lowest BCUT2D eigenvalue weighted by Gasteiger charge is -2.27. The smallest absolute Gasteiger partial charge is 0.225 e. The molecule has 1 saturated heterocycles. The van der Waals surface area contributed by atoms with Gasteiger partial charge in [-0.05, 0) is 39.4 Å². The molecule has 0 aliphatic carbocycles. The number of nitrogens with one attached hydrogen (secondary N) is 2. The first-order chi connectivity index (χ1) is 8.17. The van der Waals surface area contributed by atoms with Crippen LogP contribution in [0.25, 0.3) is 0 Å². The lowest BCUT2D eigenvalue weighted by molar-refractivity contribution is -0.127. The fraction of sp³-hybridized carbons (Fsp3) is 0.923. The molecule has 1 amide bonds. The third-order valence-corrected chi connectivity index (χ3v) is 3.55. The zero-order valence-electron chi connectivity index (χ0n) is 11.5. The second-order valence-electron chi connectivity index (χ2n) is 4.93. The minimum atomic E-state index is 0.209. The Morgan fingerprint density at radius 2 is 2.06 bits per heavy atom. The van der Waals surface area contributed by atoms with Gasteiger partial charge in [0.1, 0.15) is 0 Å². The fourth-order valence-electron chi connectivity index (χ4n) is 2.07. The third-order valence-electron chi connectivity index (χ3n) is 3.55. The molecule has 100 valence electrons. The predicted molar refractivity (Wildman–Crippen MR) is 71.0 cm³/mol. The van der Waals surface area contributed by atoms with Gasteiger partial charge in [-0.3, -0.25) is 4.79 Å². The molecule has 1 heterocycles. The first-order valence-corrected chi connectivity index (χ1v) is 6.90. The number of carbonyl (C=O) groups is 1. The molecule has 4 heteroatoms. The maximum atomic E-state index is 11.7. The van der Waals surface area contributed by atoms with E-state index in [2.05, 4.69) is 36.3 Å². The van der Waals surface area contributed by atoms with Crippen LogP contribution >= 0.6 is 0 Å². The van der Waals surface area contributed by atoms with E-state index in [-0.39, 0.29) is 11.8 Å². The predicted octanol–water partition coefficient (Wildman–Crippen LogP) is 0.833. The maximum absolute atomic E-state index is 11.7. The molecular weight excluding hydrogens is 214 g/mol. The van der Waals surface area contributed by atoms with Gasteiger partial charge in [-0.2, -0.15) is 0 Å². The van der Waals surface area contributed by atoms with Gasteiger partial charge in [0, 0.05) is 19.1 Å². The highest BCUT2D eigenvalue weighted by atomic mass is 16.2. The van der Waals surface area contributed by atoms with E-state index in [1.807, 2.05) is 0 Å². The van der Waals surface area contributed by atoms with Crippen molar-refractivity contribution in [2.45, 2.75) is 39.7 Å². The van der Waals surface area contributed by atoms with E-state index in [9.17, 15) is 4.79 Å². The first kappa shape index (κ1) is 14.5. The van der Waals surface area contributed by atoms with Crippen molar-refractivity contribution >= 4 is 5.91 Å². The van der Waals surface area contributed by atoms with Crippen LogP contribution in [0.3, 0.4) is 0 Å². The molecule has 0 spiro atoms. The van der Waals surface area contributed by atoms with Crippen LogP contribution in [0.2, 0.25) is 0 Å². The van der Waals surface area contributed by atoms with E-state index in [0.29, 0.717) is 6.04 Å². The molecule has 0 bridgehead atoms. The Kier molecular flexibility index (Phi) is 6.52. The van der Waals surface area contributed by atoms with Gasteiger partial charge in [0.05, 0.1) is 5.92 Å². The maximum Gasteiger partial charge on any atom is 0.225 e. The SMILES string of the molecule is CCN(CC)CCCC(C)NC(=O)C1CNC1. The van der Waals surface area contributed by atoms with Crippen molar-refractivity contribution < 1.29 is 4.79 Å². The molecular formula is C13H27N3O. The minimum absolute atomic E-state index is 0.209.